The quantitative estimate of drug-likeness (QED) is 0.0544. The maximum Gasteiger partial charge on any atom is 0.0970 e. The van der Waals surface area contributed by atoms with Crippen molar-refractivity contribution in [1.82, 2.24) is 24.5 Å². The van der Waals surface area contributed by atoms with Crippen molar-refractivity contribution < 1.29 is 34.7 Å². The molecule has 13 heteroatoms. The van der Waals surface area contributed by atoms with E-state index >= 15 is 0 Å². The summed E-state index contributed by atoms with van der Waals surface area (Å²) >= 11 is 0. The first-order valence-electron chi connectivity index (χ1n) is 35.9. The van der Waals surface area contributed by atoms with Crippen molar-refractivity contribution in [2.45, 2.75) is 77.9 Å². The SMILES string of the molecule is CC(C)(C)c1cc(-c2[c-]cccc2)ncn1.CC(O)CC(C)O.CC1(C)c2ccccc2-c2ccc(N(c3ccc(-c4ccccc4)cc3)c3ccc(-c4ccc5c(c4)c4ccccc4n5-c4ccccc4)cc3)cc21.[B]PCF.[BiH2].[Ir].c1ccc(-c2ccnc3c2ccc2c(-c4ccccc4)ccnc23)cc1. The molecule has 0 aliphatic heterocycles. The monoisotopic (exact) mass is 1810 g/mol. The number of pyridine rings is 2. The number of para-hydroxylation sites is 2. The number of benzene rings is 12. The van der Waals surface area contributed by atoms with Gasteiger partial charge in [0.05, 0.1) is 40.7 Å². The van der Waals surface area contributed by atoms with Crippen LogP contribution in [0.4, 0.5) is 21.5 Å². The van der Waals surface area contributed by atoms with Crippen LogP contribution in [0, 0.1) is 6.07 Å². The molecular formula is C95H86BBiFIrN6O2P-. The summed E-state index contributed by atoms with van der Waals surface area (Å²) in [5.41, 5.74) is 26.8. The Labute approximate surface area is 669 Å². The maximum absolute atomic E-state index is 10.6. The number of fused-ring (bicyclic) bond motifs is 9. The second-order valence-electron chi connectivity index (χ2n) is 28.0. The molecule has 3 unspecified atom stereocenters. The molecule has 0 saturated heterocycles. The standard InChI is InChI=1S/C51H38N2.C24H16N2.C14H15N2.C5H12O2.CH3BFP.Bi.Ir.2H/c1-51(2)47-19-11-9-17-43(47)44-31-30-42(34-48(44)51)52(40-26-21-36(22-27-40)35-13-5-3-6-14-35)41-28-23-37(24-29-41)38-25-32-50-46(33-38)45-18-10-12-20-49(45)53(50)39-15-7-4-8-16-39;1-3-7-17(8-4-1)19-13-15-25-23-21(19)11-12-22-20(14-16-26-24(22)23)18-9-5-2-6-10-18;1-14(2,3)13-9-12(15-10-16-13)11-7-5-4-6-8-11;1-4(6)3-5(2)7;2-4-1-3;;;;/h3-34H,1-2H3;1-16H;4-7,9-10H,1-3H3;4-7H,3H2,1-2H3;4H,1H2;;;;/q;;-1;;;;;;. The fourth-order valence-corrected chi connectivity index (χ4v) is 14.1. The van der Waals surface area contributed by atoms with Gasteiger partial charge < -0.3 is 19.7 Å². The number of nitrogens with zero attached hydrogens (tertiary/aromatic N) is 6. The van der Waals surface area contributed by atoms with Gasteiger partial charge in [-0.3, -0.25) is 15.0 Å². The smallest absolute Gasteiger partial charge is 0.0970 e. The maximum atomic E-state index is 10.6. The predicted octanol–water partition coefficient (Wildman–Crippen LogP) is 23.1. The number of anilines is 3. The Bertz CT molecular complexity index is 5510. The molecule has 538 valence electrons. The summed E-state index contributed by atoms with van der Waals surface area (Å²) in [6.45, 7) is 14.5. The van der Waals surface area contributed by atoms with Gasteiger partial charge in [0.1, 0.15) is 13.9 Å². The summed E-state index contributed by atoms with van der Waals surface area (Å²) in [6.07, 6.45) is 4.72. The van der Waals surface area contributed by atoms with E-state index in [1.54, 1.807) is 20.2 Å². The van der Waals surface area contributed by atoms with E-state index in [1.807, 2.05) is 54.9 Å². The van der Waals surface area contributed by atoms with E-state index in [0.29, 0.717) is 6.42 Å². The Kier molecular flexibility index (Phi) is 26.6. The van der Waals surface area contributed by atoms with Crippen molar-refractivity contribution >= 4 is 103 Å². The first-order chi connectivity index (χ1) is 51.6. The summed E-state index contributed by atoms with van der Waals surface area (Å²) in [7, 11) is 4.65. The average molecular weight is 1810 g/mol. The second-order valence-corrected chi connectivity index (χ2v) is 28.7. The van der Waals surface area contributed by atoms with Gasteiger partial charge in [-0.15, -0.1) is 44.4 Å². The van der Waals surface area contributed by atoms with Crippen molar-refractivity contribution in [2.24, 2.45) is 0 Å². The number of alkyl halides is 1. The van der Waals surface area contributed by atoms with Crippen LogP contribution >= 0.6 is 8.46 Å². The molecule has 1 aliphatic rings. The molecule has 17 rings (SSSR count). The Morgan fingerprint density at radius 1 is 0.463 bits per heavy atom. The second kappa shape index (κ2) is 36.3. The molecule has 4 heterocycles. The Morgan fingerprint density at radius 3 is 1.47 bits per heavy atom. The Balaban J connectivity index is 0.000000174. The van der Waals surface area contributed by atoms with E-state index in [4.69, 9.17) is 10.2 Å². The first-order valence-corrected chi connectivity index (χ1v) is 37.2. The number of aliphatic hydroxyl groups excluding tert-OH is 2. The van der Waals surface area contributed by atoms with Crippen LogP contribution in [0.1, 0.15) is 71.7 Å². The Hall–Kier alpha value is -9.98. The number of rotatable bonds is 12. The summed E-state index contributed by atoms with van der Waals surface area (Å²) < 4.78 is 13.0. The summed E-state index contributed by atoms with van der Waals surface area (Å²) in [5.74, 6) is 0. The van der Waals surface area contributed by atoms with Crippen LogP contribution in [0.3, 0.4) is 0 Å². The van der Waals surface area contributed by atoms with E-state index in [-0.39, 0.29) is 84.2 Å². The van der Waals surface area contributed by atoms with Gasteiger partial charge in [0, 0.05) is 93.3 Å². The van der Waals surface area contributed by atoms with Crippen molar-refractivity contribution in [1.29, 1.82) is 0 Å². The molecular weight excluding hydrogens is 1720 g/mol. The van der Waals surface area contributed by atoms with Crippen LogP contribution in [0.15, 0.2) is 328 Å². The van der Waals surface area contributed by atoms with Gasteiger partial charge in [-0.1, -0.05) is 241 Å². The topological polar surface area (TPSA) is 100 Å². The van der Waals surface area contributed by atoms with Gasteiger partial charge in [0.15, 0.2) is 0 Å². The molecule has 16 aromatic rings. The predicted molar refractivity (Wildman–Crippen MR) is 453 cm³/mol. The zero-order valence-electron chi connectivity index (χ0n) is 61.7. The minimum atomic E-state index is -0.375. The van der Waals surface area contributed by atoms with Crippen LogP contribution in [-0.2, 0) is 30.9 Å². The molecule has 0 saturated carbocycles. The molecule has 3 atom stereocenters. The Morgan fingerprint density at radius 2 is 0.935 bits per heavy atom. The van der Waals surface area contributed by atoms with Gasteiger partial charge in [-0.25, -0.2) is 9.37 Å². The molecule has 0 fully saturated rings. The minimum Gasteiger partial charge on any atom is -0.254 e. The number of hydrogen-bond donors (Lipinski definition) is 2. The van der Waals surface area contributed by atoms with E-state index in [2.05, 4.69) is 345 Å². The van der Waals surface area contributed by atoms with Crippen LogP contribution in [-0.4, -0.2) is 87.1 Å². The van der Waals surface area contributed by atoms with Crippen molar-refractivity contribution in [3.05, 3.63) is 351 Å². The van der Waals surface area contributed by atoms with Crippen molar-refractivity contribution in [3.63, 3.8) is 0 Å². The fraction of sp³-hybridized carbons (Fsp3) is 0.137. The third kappa shape index (κ3) is 17.9. The van der Waals surface area contributed by atoms with E-state index < -0.39 is 0 Å². The number of halogens is 1. The summed E-state index contributed by atoms with van der Waals surface area (Å²) in [6, 6.07) is 113. The van der Waals surface area contributed by atoms with Crippen LogP contribution in [0.25, 0.3) is 116 Å². The van der Waals surface area contributed by atoms with Gasteiger partial charge in [0.2, 0.25) is 0 Å². The van der Waals surface area contributed by atoms with E-state index in [1.165, 1.54) is 94.3 Å². The molecule has 2 N–H and O–H groups in total. The molecule has 108 heavy (non-hydrogen) atoms. The van der Waals surface area contributed by atoms with E-state index in [9.17, 15) is 4.39 Å². The third-order valence-electron chi connectivity index (χ3n) is 19.2. The normalized spacial score (nSPS) is 12.3. The summed E-state index contributed by atoms with van der Waals surface area (Å²) in [4.78, 5) is 20.3. The molecule has 0 spiro atoms. The van der Waals surface area contributed by atoms with Crippen molar-refractivity contribution in [3.8, 4) is 72.6 Å². The van der Waals surface area contributed by atoms with Gasteiger partial charge in [-0.2, -0.15) is 0 Å². The van der Waals surface area contributed by atoms with Crippen LogP contribution < -0.4 is 4.90 Å². The fourth-order valence-electron chi connectivity index (χ4n) is 14.1. The average Bonchev–Trinajstić information content (AvgIpc) is 1.54. The first kappa shape index (κ1) is 79.1. The van der Waals surface area contributed by atoms with Crippen LogP contribution in [0.5, 0.6) is 0 Å². The van der Waals surface area contributed by atoms with Crippen LogP contribution in [0.2, 0.25) is 0 Å². The van der Waals surface area contributed by atoms with Gasteiger partial charge in [-0.05, 0) is 172 Å². The minimum absolute atomic E-state index is 0. The summed E-state index contributed by atoms with van der Waals surface area (Å²) in [5, 5.41) is 21.9. The molecule has 4 aromatic heterocycles. The number of aromatic nitrogens is 5. The number of hydrogen-bond acceptors (Lipinski definition) is 7. The zero-order chi connectivity index (χ0) is 73.7. The molecule has 12 aromatic carbocycles. The van der Waals surface area contributed by atoms with Crippen molar-refractivity contribution in [2.75, 3.05) is 11.3 Å². The zero-order valence-corrected chi connectivity index (χ0v) is 69.6. The molecule has 8 nitrogen and oxygen atoms in total. The molecule has 1 aliphatic carbocycles. The van der Waals surface area contributed by atoms with Gasteiger partial charge in [0.25, 0.3) is 0 Å². The van der Waals surface area contributed by atoms with E-state index in [0.717, 1.165) is 55.8 Å². The molecule has 0 amide bonds. The molecule has 4 radical (unpaired) electrons. The van der Waals surface area contributed by atoms with Gasteiger partial charge >= 0.3 is 26.2 Å². The third-order valence-corrected chi connectivity index (χ3v) is 19.3. The molecule has 0 bridgehead atoms. The largest absolute Gasteiger partial charge is 0.254 e. The number of aliphatic hydroxyl groups is 2.